The fraction of sp³-hybridized carbons (Fsp3) is 0.600. The zero-order valence-corrected chi connectivity index (χ0v) is 12.4. The summed E-state index contributed by atoms with van der Waals surface area (Å²) in [4.78, 5) is 18.7. The highest BCUT2D eigenvalue weighted by Crippen LogP contribution is 2.10. The summed E-state index contributed by atoms with van der Waals surface area (Å²) in [6, 6.07) is 3.67. The molecule has 0 saturated carbocycles. The summed E-state index contributed by atoms with van der Waals surface area (Å²) in [5, 5.41) is 6.00. The zero-order chi connectivity index (χ0) is 14.4. The molecule has 0 aliphatic carbocycles. The number of amides is 1. The molecule has 2 heterocycles. The number of hydrogen-bond acceptors (Lipinski definition) is 4. The smallest absolute Gasteiger partial charge is 0.251 e. The summed E-state index contributed by atoms with van der Waals surface area (Å²) < 4.78 is 0. The number of anilines is 1. The highest BCUT2D eigenvalue weighted by Gasteiger charge is 2.15. The molecule has 1 amide bonds. The average Bonchev–Trinajstić information content (AvgIpc) is 2.48. The van der Waals surface area contributed by atoms with Gasteiger partial charge in [-0.3, -0.25) is 4.79 Å². The fourth-order valence-corrected chi connectivity index (χ4v) is 2.59. The first kappa shape index (κ1) is 14.8. The van der Waals surface area contributed by atoms with Crippen LogP contribution in [0.15, 0.2) is 18.3 Å². The monoisotopic (exact) mass is 276 g/mol. The Morgan fingerprint density at radius 2 is 2.15 bits per heavy atom. The third-order valence-corrected chi connectivity index (χ3v) is 3.64. The van der Waals surface area contributed by atoms with E-state index in [1.165, 1.54) is 19.3 Å². The van der Waals surface area contributed by atoms with Gasteiger partial charge < -0.3 is 15.5 Å². The van der Waals surface area contributed by atoms with Crippen molar-refractivity contribution >= 4 is 11.7 Å². The summed E-state index contributed by atoms with van der Waals surface area (Å²) in [7, 11) is 1.79. The molecule has 1 aromatic rings. The zero-order valence-electron chi connectivity index (χ0n) is 12.4. The van der Waals surface area contributed by atoms with Gasteiger partial charge in [-0.1, -0.05) is 6.42 Å². The number of nitrogens with zero attached hydrogens (tertiary/aromatic N) is 2. The van der Waals surface area contributed by atoms with Crippen LogP contribution in [0.5, 0.6) is 0 Å². The van der Waals surface area contributed by atoms with Crippen molar-refractivity contribution in [2.24, 2.45) is 0 Å². The van der Waals surface area contributed by atoms with Crippen molar-refractivity contribution in [1.82, 2.24) is 15.2 Å². The third-order valence-electron chi connectivity index (χ3n) is 3.64. The van der Waals surface area contributed by atoms with Gasteiger partial charge in [0.25, 0.3) is 5.91 Å². The molecule has 0 aromatic carbocycles. The van der Waals surface area contributed by atoms with Crippen molar-refractivity contribution in [3.63, 3.8) is 0 Å². The minimum absolute atomic E-state index is 0.0339. The van der Waals surface area contributed by atoms with E-state index in [-0.39, 0.29) is 11.9 Å². The van der Waals surface area contributed by atoms with E-state index in [0.29, 0.717) is 11.4 Å². The van der Waals surface area contributed by atoms with Gasteiger partial charge >= 0.3 is 0 Å². The lowest BCUT2D eigenvalue weighted by molar-refractivity contribution is 0.0925. The highest BCUT2D eigenvalue weighted by atomic mass is 16.1. The maximum atomic E-state index is 12.2. The van der Waals surface area contributed by atoms with Crippen LogP contribution in [-0.4, -0.2) is 48.5 Å². The molecular formula is C15H24N4O. The number of rotatable bonds is 5. The molecule has 110 valence electrons. The van der Waals surface area contributed by atoms with E-state index < -0.39 is 0 Å². The largest absolute Gasteiger partial charge is 0.373 e. The summed E-state index contributed by atoms with van der Waals surface area (Å²) in [5.74, 6) is 0.676. The molecule has 1 aliphatic rings. The molecule has 1 aliphatic heterocycles. The number of nitrogens with one attached hydrogen (secondary N) is 2. The van der Waals surface area contributed by atoms with Gasteiger partial charge in [-0.05, 0) is 45.0 Å². The molecule has 1 unspecified atom stereocenters. The van der Waals surface area contributed by atoms with Gasteiger partial charge in [-0.2, -0.15) is 0 Å². The van der Waals surface area contributed by atoms with E-state index in [0.717, 1.165) is 19.6 Å². The van der Waals surface area contributed by atoms with Crippen molar-refractivity contribution in [2.75, 3.05) is 32.0 Å². The van der Waals surface area contributed by atoms with E-state index in [2.05, 4.69) is 27.4 Å². The van der Waals surface area contributed by atoms with Crippen LogP contribution in [-0.2, 0) is 0 Å². The summed E-state index contributed by atoms with van der Waals surface area (Å²) in [5.41, 5.74) is 0.648. The quantitative estimate of drug-likeness (QED) is 0.860. The van der Waals surface area contributed by atoms with E-state index in [9.17, 15) is 4.79 Å². The Balaban J connectivity index is 1.86. The van der Waals surface area contributed by atoms with Crippen LogP contribution in [0.1, 0.15) is 36.5 Å². The molecule has 1 fully saturated rings. The van der Waals surface area contributed by atoms with Gasteiger partial charge in [0.2, 0.25) is 0 Å². The van der Waals surface area contributed by atoms with Crippen LogP contribution >= 0.6 is 0 Å². The van der Waals surface area contributed by atoms with Crippen LogP contribution in [0.25, 0.3) is 0 Å². The van der Waals surface area contributed by atoms with Crippen molar-refractivity contribution in [3.8, 4) is 0 Å². The van der Waals surface area contributed by atoms with Gasteiger partial charge in [0.15, 0.2) is 0 Å². The van der Waals surface area contributed by atoms with E-state index in [4.69, 9.17) is 0 Å². The van der Waals surface area contributed by atoms with Crippen molar-refractivity contribution in [3.05, 3.63) is 23.9 Å². The maximum absolute atomic E-state index is 12.2. The van der Waals surface area contributed by atoms with E-state index in [1.54, 1.807) is 25.4 Å². The Hall–Kier alpha value is -1.62. The van der Waals surface area contributed by atoms with Crippen LogP contribution in [0.3, 0.4) is 0 Å². The molecule has 1 aromatic heterocycles. The summed E-state index contributed by atoms with van der Waals surface area (Å²) in [6.07, 6.45) is 5.53. The van der Waals surface area contributed by atoms with Gasteiger partial charge in [-0.15, -0.1) is 0 Å². The third kappa shape index (κ3) is 4.20. The first-order chi connectivity index (χ1) is 9.69. The molecule has 20 heavy (non-hydrogen) atoms. The SMILES string of the molecule is CNc1cc(C(=O)NC(C)CN2CCCCC2)ccn1. The van der Waals surface area contributed by atoms with E-state index in [1.807, 2.05) is 0 Å². The minimum atomic E-state index is -0.0339. The Kier molecular flexibility index (Phi) is 5.35. The summed E-state index contributed by atoms with van der Waals surface area (Å²) >= 11 is 0. The molecule has 2 rings (SSSR count). The predicted octanol–water partition coefficient (Wildman–Crippen LogP) is 1.73. The second-order valence-corrected chi connectivity index (χ2v) is 5.42. The number of hydrogen-bond donors (Lipinski definition) is 2. The molecule has 5 nitrogen and oxygen atoms in total. The standard InChI is InChI=1S/C15H24N4O/c1-12(11-19-8-4-3-5-9-19)18-15(20)13-6-7-17-14(10-13)16-2/h6-7,10,12H,3-5,8-9,11H2,1-2H3,(H,16,17)(H,18,20). The molecule has 0 radical (unpaired) electrons. The Morgan fingerprint density at radius 3 is 2.85 bits per heavy atom. The van der Waals surface area contributed by atoms with Crippen molar-refractivity contribution in [1.29, 1.82) is 0 Å². The number of piperidine rings is 1. The highest BCUT2D eigenvalue weighted by molar-refractivity contribution is 5.94. The second kappa shape index (κ2) is 7.24. The van der Waals surface area contributed by atoms with Crippen LogP contribution in [0, 0.1) is 0 Å². The first-order valence-corrected chi connectivity index (χ1v) is 7.36. The Bertz CT molecular complexity index is 443. The van der Waals surface area contributed by atoms with Gasteiger partial charge in [0.05, 0.1) is 0 Å². The number of carbonyl (C=O) groups is 1. The fourth-order valence-electron chi connectivity index (χ4n) is 2.59. The molecule has 0 spiro atoms. The minimum Gasteiger partial charge on any atom is -0.373 e. The van der Waals surface area contributed by atoms with Crippen LogP contribution in [0.2, 0.25) is 0 Å². The van der Waals surface area contributed by atoms with Gasteiger partial charge in [0.1, 0.15) is 5.82 Å². The van der Waals surface area contributed by atoms with Gasteiger partial charge in [-0.25, -0.2) is 4.98 Å². The molecule has 0 bridgehead atoms. The van der Waals surface area contributed by atoms with Crippen molar-refractivity contribution in [2.45, 2.75) is 32.2 Å². The van der Waals surface area contributed by atoms with E-state index >= 15 is 0 Å². The summed E-state index contributed by atoms with van der Waals surface area (Å²) in [6.45, 7) is 5.29. The molecule has 1 atom stereocenters. The second-order valence-electron chi connectivity index (χ2n) is 5.42. The topological polar surface area (TPSA) is 57.3 Å². The first-order valence-electron chi connectivity index (χ1n) is 7.36. The van der Waals surface area contributed by atoms with Gasteiger partial charge in [0, 0.05) is 31.4 Å². The van der Waals surface area contributed by atoms with Crippen molar-refractivity contribution < 1.29 is 4.79 Å². The lowest BCUT2D eigenvalue weighted by atomic mass is 10.1. The molecular weight excluding hydrogens is 252 g/mol. The van der Waals surface area contributed by atoms with Crippen LogP contribution in [0.4, 0.5) is 5.82 Å². The lowest BCUT2D eigenvalue weighted by Crippen LogP contribution is -2.43. The number of likely N-dealkylation sites (tertiary alicyclic amines) is 1. The average molecular weight is 276 g/mol. The number of aromatic nitrogens is 1. The molecule has 5 heteroatoms. The maximum Gasteiger partial charge on any atom is 0.251 e. The lowest BCUT2D eigenvalue weighted by Gasteiger charge is -2.29. The Labute approximate surface area is 120 Å². The number of pyridine rings is 1. The molecule has 1 saturated heterocycles. The van der Waals surface area contributed by atoms with Crippen LogP contribution < -0.4 is 10.6 Å². The Morgan fingerprint density at radius 1 is 1.40 bits per heavy atom. The predicted molar refractivity (Wildman–Crippen MR) is 81.0 cm³/mol. The molecule has 2 N–H and O–H groups in total. The number of carbonyl (C=O) groups excluding carboxylic acids is 1. The normalized spacial score (nSPS) is 17.5.